The second kappa shape index (κ2) is 5.71. The summed E-state index contributed by atoms with van der Waals surface area (Å²) >= 11 is 2.09. The average molecular weight is 244 g/mol. The van der Waals surface area contributed by atoms with Crippen LogP contribution in [0.4, 0.5) is 0 Å². The van der Waals surface area contributed by atoms with Gasteiger partial charge in [0.15, 0.2) is 0 Å². The van der Waals surface area contributed by atoms with Crippen LogP contribution in [-0.2, 0) is 4.74 Å². The summed E-state index contributed by atoms with van der Waals surface area (Å²) in [5.74, 6) is 1.30. The van der Waals surface area contributed by atoms with Crippen LogP contribution in [0, 0.1) is 0 Å². The maximum atomic E-state index is 6.11. The SMILES string of the molecule is CC1SCCCC1(CN)N1CCCOCC1. The lowest BCUT2D eigenvalue weighted by molar-refractivity contribution is 0.0729. The molecule has 16 heavy (non-hydrogen) atoms. The molecule has 2 atom stereocenters. The van der Waals surface area contributed by atoms with E-state index in [-0.39, 0.29) is 5.54 Å². The Morgan fingerprint density at radius 2 is 2.25 bits per heavy atom. The highest BCUT2D eigenvalue weighted by Crippen LogP contribution is 2.38. The van der Waals surface area contributed by atoms with E-state index >= 15 is 0 Å². The first kappa shape index (κ1) is 12.7. The Hall–Kier alpha value is 0.230. The third kappa shape index (κ3) is 2.40. The van der Waals surface area contributed by atoms with E-state index in [1.807, 2.05) is 0 Å². The fourth-order valence-electron chi connectivity index (χ4n) is 3.00. The summed E-state index contributed by atoms with van der Waals surface area (Å²) in [5.41, 5.74) is 6.35. The van der Waals surface area contributed by atoms with E-state index in [0.717, 1.165) is 39.3 Å². The van der Waals surface area contributed by atoms with Gasteiger partial charge < -0.3 is 10.5 Å². The van der Waals surface area contributed by atoms with Crippen molar-refractivity contribution in [2.24, 2.45) is 5.73 Å². The van der Waals surface area contributed by atoms with Gasteiger partial charge in [-0.25, -0.2) is 0 Å². The molecule has 2 aliphatic heterocycles. The van der Waals surface area contributed by atoms with Gasteiger partial charge in [0, 0.05) is 37.0 Å². The topological polar surface area (TPSA) is 38.5 Å². The first-order valence-corrected chi connectivity index (χ1v) is 7.49. The quantitative estimate of drug-likeness (QED) is 0.795. The average Bonchev–Trinajstić information content (AvgIpc) is 2.59. The van der Waals surface area contributed by atoms with Crippen LogP contribution in [-0.4, -0.2) is 54.3 Å². The molecule has 0 radical (unpaired) electrons. The molecular weight excluding hydrogens is 220 g/mol. The molecule has 2 heterocycles. The number of ether oxygens (including phenoxy) is 1. The second-order valence-corrected chi connectivity index (χ2v) is 6.33. The first-order chi connectivity index (χ1) is 7.79. The molecule has 0 bridgehead atoms. The fourth-order valence-corrected chi connectivity index (χ4v) is 4.34. The van der Waals surface area contributed by atoms with Crippen molar-refractivity contribution in [2.75, 3.05) is 38.6 Å². The molecule has 0 saturated carbocycles. The number of rotatable bonds is 2. The lowest BCUT2D eigenvalue weighted by Crippen LogP contribution is -2.61. The molecule has 4 heteroatoms. The van der Waals surface area contributed by atoms with Crippen molar-refractivity contribution in [3.05, 3.63) is 0 Å². The molecular formula is C12H24N2OS. The fraction of sp³-hybridized carbons (Fsp3) is 1.00. The molecule has 2 rings (SSSR count). The molecule has 0 aromatic heterocycles. The highest BCUT2D eigenvalue weighted by Gasteiger charge is 2.42. The van der Waals surface area contributed by atoms with Crippen molar-refractivity contribution in [3.63, 3.8) is 0 Å². The number of nitrogens with zero attached hydrogens (tertiary/aromatic N) is 1. The molecule has 3 nitrogen and oxygen atoms in total. The van der Waals surface area contributed by atoms with Gasteiger partial charge >= 0.3 is 0 Å². The predicted molar refractivity (Wildman–Crippen MR) is 69.9 cm³/mol. The van der Waals surface area contributed by atoms with Crippen LogP contribution in [0.15, 0.2) is 0 Å². The molecule has 0 aromatic carbocycles. The lowest BCUT2D eigenvalue weighted by Gasteiger charge is -2.49. The van der Waals surface area contributed by atoms with E-state index in [4.69, 9.17) is 10.5 Å². The van der Waals surface area contributed by atoms with Gasteiger partial charge in [0.2, 0.25) is 0 Å². The zero-order valence-electron chi connectivity index (χ0n) is 10.3. The summed E-state index contributed by atoms with van der Waals surface area (Å²) in [5, 5.41) is 0.657. The van der Waals surface area contributed by atoms with Gasteiger partial charge in [-0.15, -0.1) is 0 Å². The zero-order chi connectivity index (χ0) is 11.4. The standard InChI is InChI=1S/C12H24N2OS/c1-11-12(10-13,4-2-9-16-11)14-5-3-7-15-8-6-14/h11H,2-10,13H2,1H3. The number of nitrogens with two attached hydrogens (primary N) is 1. The van der Waals surface area contributed by atoms with Crippen LogP contribution in [0.2, 0.25) is 0 Å². The summed E-state index contributed by atoms with van der Waals surface area (Å²) in [4.78, 5) is 2.61. The van der Waals surface area contributed by atoms with Crippen molar-refractivity contribution in [3.8, 4) is 0 Å². The minimum absolute atomic E-state index is 0.233. The van der Waals surface area contributed by atoms with E-state index in [1.54, 1.807) is 0 Å². The van der Waals surface area contributed by atoms with Crippen LogP contribution < -0.4 is 5.73 Å². The van der Waals surface area contributed by atoms with E-state index in [0.29, 0.717) is 5.25 Å². The summed E-state index contributed by atoms with van der Waals surface area (Å²) in [6, 6.07) is 0. The molecule has 2 fully saturated rings. The Kier molecular flexibility index (Phi) is 4.53. The molecule has 94 valence electrons. The zero-order valence-corrected chi connectivity index (χ0v) is 11.1. The normalized spacial score (nSPS) is 38.2. The van der Waals surface area contributed by atoms with Crippen LogP contribution in [0.1, 0.15) is 26.2 Å². The Morgan fingerprint density at radius 1 is 1.38 bits per heavy atom. The van der Waals surface area contributed by atoms with Crippen molar-refractivity contribution in [2.45, 2.75) is 37.0 Å². The van der Waals surface area contributed by atoms with E-state index in [9.17, 15) is 0 Å². The number of hydrogen-bond acceptors (Lipinski definition) is 4. The Morgan fingerprint density at radius 3 is 3.00 bits per heavy atom. The van der Waals surface area contributed by atoms with Crippen molar-refractivity contribution in [1.29, 1.82) is 0 Å². The third-order valence-corrected chi connectivity index (χ3v) is 5.55. The van der Waals surface area contributed by atoms with Gasteiger partial charge in [-0.1, -0.05) is 6.92 Å². The van der Waals surface area contributed by atoms with Gasteiger partial charge in [-0.3, -0.25) is 4.90 Å². The van der Waals surface area contributed by atoms with E-state index in [2.05, 4.69) is 23.6 Å². The minimum Gasteiger partial charge on any atom is -0.380 e. The summed E-state index contributed by atoms with van der Waals surface area (Å²) in [6.07, 6.45) is 3.72. The molecule has 2 N–H and O–H groups in total. The van der Waals surface area contributed by atoms with Crippen LogP contribution in [0.5, 0.6) is 0 Å². The third-order valence-electron chi connectivity index (χ3n) is 4.08. The number of thioether (sulfide) groups is 1. The first-order valence-electron chi connectivity index (χ1n) is 6.44. The highest BCUT2D eigenvalue weighted by molar-refractivity contribution is 8.00. The van der Waals surface area contributed by atoms with Crippen molar-refractivity contribution in [1.82, 2.24) is 4.90 Å². The summed E-state index contributed by atoms with van der Waals surface area (Å²) < 4.78 is 5.55. The predicted octanol–water partition coefficient (Wildman–Crippen LogP) is 1.32. The Labute approximate surface area is 103 Å². The van der Waals surface area contributed by atoms with Gasteiger partial charge in [-0.2, -0.15) is 11.8 Å². The molecule has 0 amide bonds. The van der Waals surface area contributed by atoms with Crippen LogP contribution in [0.25, 0.3) is 0 Å². The molecule has 2 unspecified atom stereocenters. The Balaban J connectivity index is 2.10. The second-order valence-electron chi connectivity index (χ2n) is 4.88. The Bertz CT molecular complexity index is 219. The summed E-state index contributed by atoms with van der Waals surface area (Å²) in [7, 11) is 0. The van der Waals surface area contributed by atoms with Gasteiger partial charge in [0.1, 0.15) is 0 Å². The lowest BCUT2D eigenvalue weighted by atomic mass is 9.87. The van der Waals surface area contributed by atoms with Gasteiger partial charge in [-0.05, 0) is 25.0 Å². The van der Waals surface area contributed by atoms with Gasteiger partial charge in [0.05, 0.1) is 6.61 Å². The molecule has 0 aliphatic carbocycles. The molecule has 0 aromatic rings. The smallest absolute Gasteiger partial charge is 0.0593 e. The maximum absolute atomic E-state index is 6.11. The van der Waals surface area contributed by atoms with Gasteiger partial charge in [0.25, 0.3) is 0 Å². The summed E-state index contributed by atoms with van der Waals surface area (Å²) in [6.45, 7) is 7.14. The van der Waals surface area contributed by atoms with Crippen molar-refractivity contribution < 1.29 is 4.74 Å². The maximum Gasteiger partial charge on any atom is 0.0593 e. The van der Waals surface area contributed by atoms with E-state index in [1.165, 1.54) is 18.6 Å². The van der Waals surface area contributed by atoms with Crippen molar-refractivity contribution >= 4 is 11.8 Å². The molecule has 2 saturated heterocycles. The number of hydrogen-bond donors (Lipinski definition) is 1. The highest BCUT2D eigenvalue weighted by atomic mass is 32.2. The largest absolute Gasteiger partial charge is 0.380 e. The molecule has 2 aliphatic rings. The van der Waals surface area contributed by atoms with Crippen LogP contribution >= 0.6 is 11.8 Å². The minimum atomic E-state index is 0.233. The van der Waals surface area contributed by atoms with Crippen LogP contribution in [0.3, 0.4) is 0 Å². The molecule has 0 spiro atoms. The van der Waals surface area contributed by atoms with E-state index < -0.39 is 0 Å². The monoisotopic (exact) mass is 244 g/mol.